The molecule has 0 saturated heterocycles. The van der Waals surface area contributed by atoms with Gasteiger partial charge in [-0.1, -0.05) is 30.3 Å². The first-order valence-electron chi connectivity index (χ1n) is 5.99. The smallest absolute Gasteiger partial charge is 0.277 e. The van der Waals surface area contributed by atoms with Crippen molar-refractivity contribution in [2.45, 2.75) is 0 Å². The van der Waals surface area contributed by atoms with Crippen LogP contribution in [0.15, 0.2) is 59.7 Å². The van der Waals surface area contributed by atoms with E-state index in [2.05, 4.69) is 10.5 Å². The summed E-state index contributed by atoms with van der Waals surface area (Å²) in [7, 11) is 0. The Hall–Kier alpha value is -2.69. The van der Waals surface area contributed by atoms with E-state index in [-0.39, 0.29) is 18.3 Å². The predicted octanol–water partition coefficient (Wildman–Crippen LogP) is 2.35. The summed E-state index contributed by atoms with van der Waals surface area (Å²) in [5.41, 5.74) is 3.23. The number of nitrogens with zero attached hydrogens (tertiary/aromatic N) is 1. The van der Waals surface area contributed by atoms with Gasteiger partial charge in [0, 0.05) is 0 Å². The second-order valence-electron chi connectivity index (χ2n) is 3.95. The van der Waals surface area contributed by atoms with Crippen LogP contribution in [0, 0.1) is 5.82 Å². The topological polar surface area (TPSA) is 50.7 Å². The fourth-order valence-electron chi connectivity index (χ4n) is 1.43. The predicted molar refractivity (Wildman–Crippen MR) is 74.1 cm³/mol. The van der Waals surface area contributed by atoms with Crippen LogP contribution in [0.4, 0.5) is 4.39 Å². The summed E-state index contributed by atoms with van der Waals surface area (Å²) < 4.78 is 17.8. The molecule has 2 aromatic carbocycles. The zero-order valence-corrected chi connectivity index (χ0v) is 10.6. The molecule has 5 heteroatoms. The number of amides is 1. The first kappa shape index (κ1) is 13.7. The van der Waals surface area contributed by atoms with Gasteiger partial charge in [0.2, 0.25) is 0 Å². The lowest BCUT2D eigenvalue weighted by molar-refractivity contribution is -0.123. The summed E-state index contributed by atoms with van der Waals surface area (Å²) in [4.78, 5) is 11.4. The Labute approximate surface area is 115 Å². The number of hydrazone groups is 1. The van der Waals surface area contributed by atoms with Crippen LogP contribution in [0.5, 0.6) is 5.75 Å². The summed E-state index contributed by atoms with van der Waals surface area (Å²) in [5.74, 6) is -0.315. The number of nitrogens with one attached hydrogen (secondary N) is 1. The van der Waals surface area contributed by atoms with Crippen molar-refractivity contribution >= 4 is 12.1 Å². The minimum Gasteiger partial charge on any atom is -0.484 e. The van der Waals surface area contributed by atoms with Gasteiger partial charge >= 0.3 is 0 Å². The minimum absolute atomic E-state index is 0.183. The van der Waals surface area contributed by atoms with E-state index in [1.165, 1.54) is 30.5 Å². The van der Waals surface area contributed by atoms with Crippen LogP contribution >= 0.6 is 0 Å². The molecule has 0 bridgehead atoms. The molecule has 20 heavy (non-hydrogen) atoms. The second-order valence-corrected chi connectivity index (χ2v) is 3.95. The van der Waals surface area contributed by atoms with Gasteiger partial charge in [-0.3, -0.25) is 4.79 Å². The van der Waals surface area contributed by atoms with Crippen molar-refractivity contribution < 1.29 is 13.9 Å². The summed E-state index contributed by atoms with van der Waals surface area (Å²) in [5, 5.41) is 3.80. The molecule has 2 aromatic rings. The second kappa shape index (κ2) is 7.04. The highest BCUT2D eigenvalue weighted by molar-refractivity contribution is 5.82. The summed E-state index contributed by atoms with van der Waals surface area (Å²) >= 11 is 0. The summed E-state index contributed by atoms with van der Waals surface area (Å²) in [6.07, 6.45) is 1.54. The highest BCUT2D eigenvalue weighted by Gasteiger charge is 2.01. The van der Waals surface area contributed by atoms with E-state index in [9.17, 15) is 9.18 Å². The number of hydrogen-bond donors (Lipinski definition) is 1. The van der Waals surface area contributed by atoms with E-state index in [0.717, 1.165) is 5.56 Å². The molecule has 0 spiro atoms. The van der Waals surface area contributed by atoms with Crippen molar-refractivity contribution in [2.24, 2.45) is 5.10 Å². The van der Waals surface area contributed by atoms with Crippen molar-refractivity contribution in [3.8, 4) is 5.75 Å². The van der Waals surface area contributed by atoms with Crippen LogP contribution in [0.25, 0.3) is 0 Å². The summed E-state index contributed by atoms with van der Waals surface area (Å²) in [6, 6.07) is 14.8. The molecular formula is C15H13FN2O2. The van der Waals surface area contributed by atoms with E-state index in [1.807, 2.05) is 30.3 Å². The Morgan fingerprint density at radius 1 is 1.15 bits per heavy atom. The zero-order chi connectivity index (χ0) is 14.2. The van der Waals surface area contributed by atoms with Crippen molar-refractivity contribution in [3.05, 3.63) is 66.0 Å². The third kappa shape index (κ3) is 4.53. The van der Waals surface area contributed by atoms with Crippen LogP contribution in [0.3, 0.4) is 0 Å². The van der Waals surface area contributed by atoms with Crippen LogP contribution in [0.1, 0.15) is 5.56 Å². The number of carbonyl (C=O) groups excluding carboxylic acids is 1. The summed E-state index contributed by atoms with van der Waals surface area (Å²) in [6.45, 7) is -0.183. The van der Waals surface area contributed by atoms with E-state index in [1.54, 1.807) is 0 Å². The molecule has 0 aromatic heterocycles. The van der Waals surface area contributed by atoms with Crippen LogP contribution in [-0.4, -0.2) is 18.7 Å². The van der Waals surface area contributed by atoms with Gasteiger partial charge in [-0.15, -0.1) is 0 Å². The molecule has 0 atom stereocenters. The maximum absolute atomic E-state index is 12.7. The number of carbonyl (C=O) groups is 1. The quantitative estimate of drug-likeness (QED) is 0.671. The third-order valence-electron chi connectivity index (χ3n) is 2.39. The van der Waals surface area contributed by atoms with Crippen molar-refractivity contribution in [3.63, 3.8) is 0 Å². The molecule has 1 N–H and O–H groups in total. The van der Waals surface area contributed by atoms with Crippen molar-refractivity contribution in [1.29, 1.82) is 0 Å². The van der Waals surface area contributed by atoms with Gasteiger partial charge in [-0.2, -0.15) is 5.10 Å². The lowest BCUT2D eigenvalue weighted by Crippen LogP contribution is -2.24. The Morgan fingerprint density at radius 2 is 1.85 bits per heavy atom. The normalized spacial score (nSPS) is 10.4. The van der Waals surface area contributed by atoms with E-state index >= 15 is 0 Å². The van der Waals surface area contributed by atoms with Gasteiger partial charge in [0.05, 0.1) is 6.21 Å². The fourth-order valence-corrected chi connectivity index (χ4v) is 1.43. The molecule has 0 fully saturated rings. The standard InChI is InChI=1S/C15H13FN2O2/c16-13-6-8-14(9-7-13)20-11-15(19)18-17-10-12-4-2-1-3-5-12/h1-10H,11H2,(H,18,19). The van der Waals surface area contributed by atoms with Gasteiger partial charge in [0.1, 0.15) is 11.6 Å². The van der Waals surface area contributed by atoms with E-state index in [4.69, 9.17) is 4.74 Å². The largest absolute Gasteiger partial charge is 0.484 e. The molecule has 0 heterocycles. The Morgan fingerprint density at radius 3 is 2.55 bits per heavy atom. The highest BCUT2D eigenvalue weighted by atomic mass is 19.1. The Balaban J connectivity index is 1.76. The number of ether oxygens (including phenoxy) is 1. The number of rotatable bonds is 5. The van der Waals surface area contributed by atoms with Crippen LogP contribution in [0.2, 0.25) is 0 Å². The van der Waals surface area contributed by atoms with Crippen LogP contribution < -0.4 is 10.2 Å². The molecule has 0 aliphatic carbocycles. The number of hydrogen-bond acceptors (Lipinski definition) is 3. The lowest BCUT2D eigenvalue weighted by Gasteiger charge is -2.04. The van der Waals surface area contributed by atoms with Crippen LogP contribution in [-0.2, 0) is 4.79 Å². The highest BCUT2D eigenvalue weighted by Crippen LogP contribution is 2.10. The van der Waals surface area contributed by atoms with Crippen molar-refractivity contribution in [1.82, 2.24) is 5.43 Å². The number of halogens is 1. The number of benzene rings is 2. The minimum atomic E-state index is -0.387. The molecule has 0 saturated carbocycles. The van der Waals surface area contributed by atoms with Gasteiger partial charge < -0.3 is 4.74 Å². The van der Waals surface area contributed by atoms with Gasteiger partial charge in [0.25, 0.3) is 5.91 Å². The molecule has 0 radical (unpaired) electrons. The molecule has 2 rings (SSSR count). The van der Waals surface area contributed by atoms with Gasteiger partial charge in [0.15, 0.2) is 6.61 Å². The molecule has 0 aliphatic rings. The van der Waals surface area contributed by atoms with Gasteiger partial charge in [-0.25, -0.2) is 9.82 Å². The monoisotopic (exact) mass is 272 g/mol. The lowest BCUT2D eigenvalue weighted by atomic mass is 10.2. The molecule has 1 amide bonds. The Bertz CT molecular complexity index is 583. The maximum atomic E-state index is 12.7. The SMILES string of the molecule is O=C(COc1ccc(F)cc1)NN=Cc1ccccc1. The van der Waals surface area contributed by atoms with E-state index < -0.39 is 0 Å². The maximum Gasteiger partial charge on any atom is 0.277 e. The van der Waals surface area contributed by atoms with Crippen molar-refractivity contribution in [2.75, 3.05) is 6.61 Å². The van der Waals surface area contributed by atoms with Gasteiger partial charge in [-0.05, 0) is 29.8 Å². The molecular weight excluding hydrogens is 259 g/mol. The fraction of sp³-hybridized carbons (Fsp3) is 0.0667. The average Bonchev–Trinajstić information content (AvgIpc) is 2.48. The van der Waals surface area contributed by atoms with E-state index in [0.29, 0.717) is 5.75 Å². The molecule has 0 unspecified atom stereocenters. The Kier molecular flexibility index (Phi) is 4.83. The zero-order valence-electron chi connectivity index (χ0n) is 10.6. The molecule has 0 aliphatic heterocycles. The molecule has 4 nitrogen and oxygen atoms in total. The third-order valence-corrected chi connectivity index (χ3v) is 2.39. The first-order valence-corrected chi connectivity index (χ1v) is 5.99. The molecule has 102 valence electrons. The average molecular weight is 272 g/mol. The first-order chi connectivity index (χ1) is 9.74.